The topological polar surface area (TPSA) is 46.5 Å². The van der Waals surface area contributed by atoms with Gasteiger partial charge in [0.2, 0.25) is 0 Å². The third-order valence-electron chi connectivity index (χ3n) is 4.75. The maximum atomic E-state index is 12.5. The number of ether oxygens (including phenoxy) is 1. The van der Waals surface area contributed by atoms with Crippen LogP contribution >= 0.6 is 0 Å². The number of piperidine rings is 1. The maximum absolute atomic E-state index is 12.5. The number of carbonyl (C=O) groups excluding carboxylic acids is 1. The van der Waals surface area contributed by atoms with Gasteiger partial charge in [-0.1, -0.05) is 12.1 Å². The Labute approximate surface area is 151 Å². The van der Waals surface area contributed by atoms with E-state index < -0.39 is 6.61 Å². The molecule has 1 aliphatic rings. The van der Waals surface area contributed by atoms with Crippen LogP contribution in [0.25, 0.3) is 0 Å². The first-order chi connectivity index (χ1) is 12.5. The molecule has 5 nitrogen and oxygen atoms in total. The first-order valence-electron chi connectivity index (χ1n) is 8.75. The Hall–Kier alpha value is -2.57. The third-order valence-corrected chi connectivity index (χ3v) is 4.75. The van der Waals surface area contributed by atoms with Gasteiger partial charge in [0, 0.05) is 31.5 Å². The van der Waals surface area contributed by atoms with E-state index >= 15 is 0 Å². The van der Waals surface area contributed by atoms with E-state index in [0.717, 1.165) is 18.4 Å². The highest BCUT2D eigenvalue weighted by Crippen LogP contribution is 2.23. The lowest BCUT2D eigenvalue weighted by Crippen LogP contribution is -2.45. The third kappa shape index (κ3) is 4.53. The van der Waals surface area contributed by atoms with Gasteiger partial charge in [-0.3, -0.25) is 0 Å². The summed E-state index contributed by atoms with van der Waals surface area (Å²) in [6.45, 7) is 0.450. The number of nitrogens with one attached hydrogen (secondary N) is 1. The molecular formula is C19H23F2N3O2. The number of halogens is 2. The molecule has 2 amide bonds. The average Bonchev–Trinajstić information content (AvgIpc) is 3.16. The molecule has 0 unspecified atom stereocenters. The molecule has 0 bridgehead atoms. The van der Waals surface area contributed by atoms with E-state index in [1.807, 2.05) is 24.0 Å². The molecule has 1 aromatic carbocycles. The van der Waals surface area contributed by atoms with Gasteiger partial charge in [0.25, 0.3) is 0 Å². The molecule has 7 heteroatoms. The standard InChI is InChI=1S/C19H23F2N3O2/c1-14(15-4-6-17(7-5-15)26-18(20)21)22-19(25)24-12-8-16(9-13-24)23-10-2-3-11-23/h2-7,10-11,14,16,18H,8-9,12-13H2,1H3,(H,22,25)/t14-/m1/s1. The second-order valence-corrected chi connectivity index (χ2v) is 6.47. The first kappa shape index (κ1) is 18.2. The fourth-order valence-corrected chi connectivity index (χ4v) is 3.26. The summed E-state index contributed by atoms with van der Waals surface area (Å²) in [6, 6.07) is 10.5. The van der Waals surface area contributed by atoms with Gasteiger partial charge >= 0.3 is 12.6 Å². The number of carbonyl (C=O) groups is 1. The van der Waals surface area contributed by atoms with Crippen molar-refractivity contribution in [2.75, 3.05) is 13.1 Å². The molecule has 1 atom stereocenters. The molecule has 2 heterocycles. The Morgan fingerprint density at radius 1 is 1.15 bits per heavy atom. The van der Waals surface area contributed by atoms with E-state index in [9.17, 15) is 13.6 Å². The molecule has 0 aliphatic carbocycles. The lowest BCUT2D eigenvalue weighted by molar-refractivity contribution is -0.0498. The average molecular weight is 363 g/mol. The number of rotatable bonds is 5. The van der Waals surface area contributed by atoms with Crippen LogP contribution in [0.5, 0.6) is 5.75 Å². The number of urea groups is 1. The van der Waals surface area contributed by atoms with Crippen LogP contribution in [-0.4, -0.2) is 35.2 Å². The molecule has 2 aromatic rings. The summed E-state index contributed by atoms with van der Waals surface area (Å²) < 4.78 is 30.9. The zero-order valence-corrected chi connectivity index (χ0v) is 14.6. The van der Waals surface area contributed by atoms with Crippen LogP contribution in [-0.2, 0) is 0 Å². The van der Waals surface area contributed by atoms with E-state index in [-0.39, 0.29) is 17.8 Å². The predicted molar refractivity (Wildman–Crippen MR) is 94.3 cm³/mol. The molecule has 1 saturated heterocycles. The second-order valence-electron chi connectivity index (χ2n) is 6.47. The van der Waals surface area contributed by atoms with Crippen molar-refractivity contribution in [2.45, 2.75) is 38.5 Å². The van der Waals surface area contributed by atoms with E-state index in [2.05, 4.69) is 27.0 Å². The first-order valence-corrected chi connectivity index (χ1v) is 8.75. The molecule has 1 aliphatic heterocycles. The summed E-state index contributed by atoms with van der Waals surface area (Å²) in [5, 5.41) is 2.97. The van der Waals surface area contributed by atoms with Crippen LogP contribution in [0.2, 0.25) is 0 Å². The SMILES string of the molecule is C[C@@H](NC(=O)N1CCC(n2cccc2)CC1)c1ccc(OC(F)F)cc1. The Kier molecular flexibility index (Phi) is 5.75. The lowest BCUT2D eigenvalue weighted by atomic mass is 10.1. The van der Waals surface area contributed by atoms with Crippen molar-refractivity contribution in [1.29, 1.82) is 0 Å². The van der Waals surface area contributed by atoms with Crippen LogP contribution in [0.4, 0.5) is 13.6 Å². The summed E-state index contributed by atoms with van der Waals surface area (Å²) in [5.41, 5.74) is 0.835. The summed E-state index contributed by atoms with van der Waals surface area (Å²) in [5.74, 6) is 0.106. The Morgan fingerprint density at radius 2 is 1.77 bits per heavy atom. The highest BCUT2D eigenvalue weighted by Gasteiger charge is 2.24. The molecule has 0 radical (unpaired) electrons. The number of hydrogen-bond donors (Lipinski definition) is 1. The van der Waals surface area contributed by atoms with Crippen LogP contribution in [0, 0.1) is 0 Å². The quantitative estimate of drug-likeness (QED) is 0.866. The summed E-state index contributed by atoms with van der Waals surface area (Å²) in [6.07, 6.45) is 5.97. The van der Waals surface area contributed by atoms with Gasteiger partial charge in [-0.15, -0.1) is 0 Å². The number of hydrogen-bond acceptors (Lipinski definition) is 2. The minimum absolute atomic E-state index is 0.101. The van der Waals surface area contributed by atoms with Crippen molar-refractivity contribution >= 4 is 6.03 Å². The maximum Gasteiger partial charge on any atom is 0.387 e. The van der Waals surface area contributed by atoms with Gasteiger partial charge in [-0.05, 0) is 49.6 Å². The zero-order valence-electron chi connectivity index (χ0n) is 14.6. The molecular weight excluding hydrogens is 340 g/mol. The number of aromatic nitrogens is 1. The molecule has 140 valence electrons. The van der Waals surface area contributed by atoms with Crippen molar-refractivity contribution in [3.05, 3.63) is 54.4 Å². The number of likely N-dealkylation sites (tertiary alicyclic amines) is 1. The van der Waals surface area contributed by atoms with Gasteiger partial charge in [0.15, 0.2) is 0 Å². The van der Waals surface area contributed by atoms with Gasteiger partial charge in [-0.25, -0.2) is 4.79 Å². The van der Waals surface area contributed by atoms with Crippen molar-refractivity contribution in [3.8, 4) is 5.75 Å². The highest BCUT2D eigenvalue weighted by molar-refractivity contribution is 5.74. The highest BCUT2D eigenvalue weighted by atomic mass is 19.3. The Morgan fingerprint density at radius 3 is 2.35 bits per heavy atom. The summed E-state index contributed by atoms with van der Waals surface area (Å²) in [4.78, 5) is 14.3. The smallest absolute Gasteiger partial charge is 0.387 e. The van der Waals surface area contributed by atoms with Crippen LogP contribution in [0.3, 0.4) is 0 Å². The number of alkyl halides is 2. The van der Waals surface area contributed by atoms with Crippen molar-refractivity contribution in [2.24, 2.45) is 0 Å². The van der Waals surface area contributed by atoms with Gasteiger partial charge in [-0.2, -0.15) is 8.78 Å². The van der Waals surface area contributed by atoms with E-state index in [1.54, 1.807) is 12.1 Å². The largest absolute Gasteiger partial charge is 0.435 e. The van der Waals surface area contributed by atoms with Crippen molar-refractivity contribution < 1.29 is 18.3 Å². The number of nitrogens with zero attached hydrogens (tertiary/aromatic N) is 2. The lowest BCUT2D eigenvalue weighted by Gasteiger charge is -2.33. The number of amides is 2. The van der Waals surface area contributed by atoms with Gasteiger partial charge in [0.1, 0.15) is 5.75 Å². The van der Waals surface area contributed by atoms with E-state index in [4.69, 9.17) is 0 Å². The van der Waals surface area contributed by atoms with Crippen LogP contribution < -0.4 is 10.1 Å². The molecule has 0 saturated carbocycles. The molecule has 1 fully saturated rings. The van der Waals surface area contributed by atoms with Crippen molar-refractivity contribution in [1.82, 2.24) is 14.8 Å². The van der Waals surface area contributed by atoms with Gasteiger partial charge < -0.3 is 19.5 Å². The molecule has 3 rings (SSSR count). The minimum Gasteiger partial charge on any atom is -0.435 e. The Bertz CT molecular complexity index is 696. The normalized spacial score (nSPS) is 16.5. The molecule has 1 aromatic heterocycles. The second kappa shape index (κ2) is 8.21. The van der Waals surface area contributed by atoms with Crippen molar-refractivity contribution in [3.63, 3.8) is 0 Å². The predicted octanol–water partition coefficient (Wildman–Crippen LogP) is 4.20. The fraction of sp³-hybridized carbons (Fsp3) is 0.421. The zero-order chi connectivity index (χ0) is 18.5. The van der Waals surface area contributed by atoms with E-state index in [0.29, 0.717) is 19.1 Å². The molecule has 0 spiro atoms. The van der Waals surface area contributed by atoms with Crippen LogP contribution in [0.15, 0.2) is 48.8 Å². The summed E-state index contributed by atoms with van der Waals surface area (Å²) >= 11 is 0. The van der Waals surface area contributed by atoms with E-state index in [1.165, 1.54) is 12.1 Å². The Balaban J connectivity index is 1.50. The summed E-state index contributed by atoms with van der Waals surface area (Å²) in [7, 11) is 0. The van der Waals surface area contributed by atoms with Crippen LogP contribution in [0.1, 0.15) is 37.4 Å². The minimum atomic E-state index is -2.84. The molecule has 1 N–H and O–H groups in total. The number of benzene rings is 1. The fourth-order valence-electron chi connectivity index (χ4n) is 3.26. The monoisotopic (exact) mass is 363 g/mol. The van der Waals surface area contributed by atoms with Gasteiger partial charge in [0.05, 0.1) is 6.04 Å². The molecule has 26 heavy (non-hydrogen) atoms.